The summed E-state index contributed by atoms with van der Waals surface area (Å²) < 4.78 is 0. The predicted octanol–water partition coefficient (Wildman–Crippen LogP) is 3.02. The van der Waals surface area contributed by atoms with Gasteiger partial charge in [0.15, 0.2) is 0 Å². The summed E-state index contributed by atoms with van der Waals surface area (Å²) in [6.45, 7) is 0. The fraction of sp³-hybridized carbons (Fsp3) is 0.800. The van der Waals surface area contributed by atoms with E-state index in [9.17, 15) is 0 Å². The smallest absolute Gasteiger partial charge is 0.0123 e. The topological polar surface area (TPSA) is 0 Å². The zero-order valence-electron chi connectivity index (χ0n) is 7.10. The van der Waals surface area contributed by atoms with Gasteiger partial charge in [-0.05, 0) is 24.7 Å². The molecule has 0 saturated heterocycles. The van der Waals surface area contributed by atoms with Crippen LogP contribution in [0, 0.1) is 12.3 Å². The zero-order valence-corrected chi connectivity index (χ0v) is 8.10. The Labute approximate surface area is 71.9 Å². The molecular formula is C10H17P. The Balaban J connectivity index is 2.01. The van der Waals surface area contributed by atoms with Crippen LogP contribution in [0.4, 0.5) is 0 Å². The Hall–Kier alpha value is -0.0100. The van der Waals surface area contributed by atoms with Gasteiger partial charge in [-0.2, -0.15) is 0 Å². The molecule has 1 aliphatic carbocycles. The van der Waals surface area contributed by atoms with Crippen LogP contribution in [0.1, 0.15) is 38.5 Å². The van der Waals surface area contributed by atoms with Crippen molar-refractivity contribution in [1.82, 2.24) is 0 Å². The largest absolute Gasteiger partial charge is 0.120 e. The van der Waals surface area contributed by atoms with Crippen molar-refractivity contribution in [3.63, 3.8) is 0 Å². The van der Waals surface area contributed by atoms with Gasteiger partial charge >= 0.3 is 0 Å². The van der Waals surface area contributed by atoms with Gasteiger partial charge in [0.25, 0.3) is 0 Å². The first-order valence-corrected chi connectivity index (χ1v) is 5.89. The summed E-state index contributed by atoms with van der Waals surface area (Å²) in [4.78, 5) is 0. The van der Waals surface area contributed by atoms with Crippen LogP contribution in [0.25, 0.3) is 0 Å². The van der Waals surface area contributed by atoms with Crippen molar-refractivity contribution < 1.29 is 0 Å². The predicted molar refractivity (Wildman–Crippen MR) is 53.5 cm³/mol. The summed E-state index contributed by atoms with van der Waals surface area (Å²) in [6, 6.07) is 0. The van der Waals surface area contributed by atoms with Crippen LogP contribution in [0.3, 0.4) is 0 Å². The summed E-state index contributed by atoms with van der Waals surface area (Å²) in [5.74, 6) is 2.71. The molecule has 0 nitrogen and oxygen atoms in total. The van der Waals surface area contributed by atoms with E-state index >= 15 is 0 Å². The van der Waals surface area contributed by atoms with Crippen LogP contribution in [-0.4, -0.2) is 11.8 Å². The van der Waals surface area contributed by atoms with E-state index in [1.54, 1.807) is 0 Å². The highest BCUT2D eigenvalue weighted by Gasteiger charge is 2.11. The van der Waals surface area contributed by atoms with E-state index < -0.39 is 0 Å². The van der Waals surface area contributed by atoms with Crippen LogP contribution in [0.15, 0.2) is 0 Å². The first-order valence-electron chi connectivity index (χ1n) is 4.60. The normalized spacial score (nSPS) is 20.6. The van der Waals surface area contributed by atoms with Crippen molar-refractivity contribution in [2.24, 2.45) is 0 Å². The lowest BCUT2D eigenvalue weighted by atomic mass is 10.0. The van der Waals surface area contributed by atoms with E-state index in [1.165, 1.54) is 38.3 Å². The van der Waals surface area contributed by atoms with Gasteiger partial charge in [0.2, 0.25) is 0 Å². The standard InChI is InChI=1S/C10H17P/c1-2-3-9-11-10-7-5-4-6-8-10/h1,10-11H,3-9H2. The molecule has 1 rings (SSSR count). The molecule has 11 heavy (non-hydrogen) atoms. The van der Waals surface area contributed by atoms with Crippen molar-refractivity contribution in [1.29, 1.82) is 0 Å². The Bertz CT molecular complexity index is 128. The number of rotatable bonds is 3. The van der Waals surface area contributed by atoms with Crippen molar-refractivity contribution in [3.8, 4) is 12.3 Å². The summed E-state index contributed by atoms with van der Waals surface area (Å²) in [7, 11) is 1.15. The second-order valence-corrected chi connectivity index (χ2v) is 4.97. The molecule has 1 heteroatoms. The molecule has 1 unspecified atom stereocenters. The molecule has 1 atom stereocenters. The highest BCUT2D eigenvalue weighted by atomic mass is 31.1. The summed E-state index contributed by atoms with van der Waals surface area (Å²) >= 11 is 0. The molecule has 0 radical (unpaired) electrons. The van der Waals surface area contributed by atoms with Gasteiger partial charge < -0.3 is 0 Å². The molecule has 0 bridgehead atoms. The lowest BCUT2D eigenvalue weighted by molar-refractivity contribution is 0.513. The minimum atomic E-state index is 0.995. The molecule has 0 spiro atoms. The van der Waals surface area contributed by atoms with Crippen LogP contribution >= 0.6 is 8.58 Å². The van der Waals surface area contributed by atoms with Crippen molar-refractivity contribution in [2.75, 3.05) is 6.16 Å². The maximum atomic E-state index is 5.20. The molecule has 0 heterocycles. The summed E-state index contributed by atoms with van der Waals surface area (Å²) in [5, 5.41) is 0. The second kappa shape index (κ2) is 5.62. The maximum absolute atomic E-state index is 5.20. The highest BCUT2D eigenvalue weighted by molar-refractivity contribution is 7.38. The van der Waals surface area contributed by atoms with E-state index in [1.807, 2.05) is 0 Å². The van der Waals surface area contributed by atoms with Crippen LogP contribution in [0.2, 0.25) is 0 Å². The number of terminal acetylenes is 1. The minimum absolute atomic E-state index is 0.995. The van der Waals surface area contributed by atoms with Gasteiger partial charge in [0, 0.05) is 6.42 Å². The Morgan fingerprint density at radius 2 is 2.00 bits per heavy atom. The third-order valence-corrected chi connectivity index (χ3v) is 4.00. The first-order chi connectivity index (χ1) is 5.43. The van der Waals surface area contributed by atoms with E-state index in [2.05, 4.69) is 5.92 Å². The second-order valence-electron chi connectivity index (χ2n) is 3.24. The molecule has 62 valence electrons. The molecule has 0 aromatic rings. The molecule has 0 aliphatic heterocycles. The van der Waals surface area contributed by atoms with Crippen LogP contribution < -0.4 is 0 Å². The average Bonchev–Trinajstić information content (AvgIpc) is 2.07. The highest BCUT2D eigenvalue weighted by Crippen LogP contribution is 2.32. The van der Waals surface area contributed by atoms with Crippen molar-refractivity contribution >= 4 is 8.58 Å². The summed E-state index contributed by atoms with van der Waals surface area (Å²) in [5.41, 5.74) is 1.04. The average molecular weight is 168 g/mol. The quantitative estimate of drug-likeness (QED) is 0.345. The molecule has 0 N–H and O–H groups in total. The third kappa shape index (κ3) is 3.78. The molecular weight excluding hydrogens is 151 g/mol. The molecule has 0 amide bonds. The number of hydrogen-bond donors (Lipinski definition) is 0. The SMILES string of the molecule is C#CCCPC1CCCCC1. The van der Waals surface area contributed by atoms with Gasteiger partial charge in [0.05, 0.1) is 0 Å². The van der Waals surface area contributed by atoms with Crippen LogP contribution in [0.5, 0.6) is 0 Å². The summed E-state index contributed by atoms with van der Waals surface area (Å²) in [6.07, 6.45) is 14.8. The van der Waals surface area contributed by atoms with Crippen LogP contribution in [-0.2, 0) is 0 Å². The third-order valence-electron chi connectivity index (χ3n) is 2.31. The van der Waals surface area contributed by atoms with Crippen molar-refractivity contribution in [2.45, 2.75) is 44.2 Å². The molecule has 0 aromatic heterocycles. The minimum Gasteiger partial charge on any atom is -0.120 e. The van der Waals surface area contributed by atoms with Crippen molar-refractivity contribution in [3.05, 3.63) is 0 Å². The number of hydrogen-bond acceptors (Lipinski definition) is 0. The monoisotopic (exact) mass is 168 g/mol. The van der Waals surface area contributed by atoms with Gasteiger partial charge in [0.1, 0.15) is 0 Å². The maximum Gasteiger partial charge on any atom is 0.0123 e. The first kappa shape index (κ1) is 9.08. The zero-order chi connectivity index (χ0) is 7.94. The Kier molecular flexibility index (Phi) is 4.64. The van der Waals surface area contributed by atoms with E-state index in [-0.39, 0.29) is 0 Å². The van der Waals surface area contributed by atoms with E-state index in [4.69, 9.17) is 6.42 Å². The lowest BCUT2D eigenvalue weighted by Crippen LogP contribution is -2.06. The molecule has 1 aliphatic rings. The fourth-order valence-electron chi connectivity index (χ4n) is 1.66. The van der Waals surface area contributed by atoms with E-state index in [0.717, 1.165) is 20.7 Å². The lowest BCUT2D eigenvalue weighted by Gasteiger charge is -2.20. The fourth-order valence-corrected chi connectivity index (χ4v) is 3.17. The molecule has 1 fully saturated rings. The molecule has 1 saturated carbocycles. The van der Waals surface area contributed by atoms with Gasteiger partial charge in [-0.15, -0.1) is 20.9 Å². The van der Waals surface area contributed by atoms with Gasteiger partial charge in [-0.1, -0.05) is 19.3 Å². The van der Waals surface area contributed by atoms with E-state index in [0.29, 0.717) is 0 Å². The Morgan fingerprint density at radius 3 is 2.64 bits per heavy atom. The van der Waals surface area contributed by atoms with Gasteiger partial charge in [-0.3, -0.25) is 0 Å². The molecule has 0 aromatic carbocycles. The van der Waals surface area contributed by atoms with Gasteiger partial charge in [-0.25, -0.2) is 0 Å². The Morgan fingerprint density at radius 1 is 1.27 bits per heavy atom.